The molecule has 0 spiro atoms. The number of para-hydroxylation sites is 1. The van der Waals surface area contributed by atoms with Gasteiger partial charge in [-0.15, -0.1) is 6.58 Å². The van der Waals surface area contributed by atoms with Crippen LogP contribution in [-0.2, 0) is 29.1 Å². The van der Waals surface area contributed by atoms with Crippen molar-refractivity contribution in [3.63, 3.8) is 0 Å². The molecule has 1 saturated heterocycles. The van der Waals surface area contributed by atoms with Crippen molar-refractivity contribution in [3.8, 4) is 0 Å². The number of ether oxygens (including phenoxy) is 1. The molecular weight excluding hydrogens is 665 g/mol. The average Bonchev–Trinajstić information content (AvgIpc) is 3.55. The van der Waals surface area contributed by atoms with Gasteiger partial charge in [-0.05, 0) is 75.3 Å². The van der Waals surface area contributed by atoms with Crippen molar-refractivity contribution < 1.29 is 36.7 Å². The number of aromatic nitrogens is 1. The van der Waals surface area contributed by atoms with E-state index >= 15 is 0 Å². The number of H-pyrrole nitrogens is 1. The van der Waals surface area contributed by atoms with Crippen LogP contribution in [0.5, 0.6) is 0 Å². The number of likely N-dealkylation sites (tertiary alicyclic amines) is 1. The molecule has 1 aliphatic heterocycles. The van der Waals surface area contributed by atoms with Crippen molar-refractivity contribution in [3.05, 3.63) is 78.8 Å². The van der Waals surface area contributed by atoms with Crippen LogP contribution in [0.4, 0.5) is 9.18 Å². The van der Waals surface area contributed by atoms with Crippen LogP contribution >= 0.6 is 0 Å². The number of carbonyl (C=O) groups is 4. The van der Waals surface area contributed by atoms with Crippen LogP contribution in [0, 0.1) is 23.6 Å². The summed E-state index contributed by atoms with van der Waals surface area (Å²) in [6, 6.07) is 11.2. The monoisotopic (exact) mass is 709 g/mol. The van der Waals surface area contributed by atoms with Crippen molar-refractivity contribution in [2.75, 3.05) is 13.1 Å². The fourth-order valence-electron chi connectivity index (χ4n) is 6.57. The molecule has 2 aromatic carbocycles. The van der Waals surface area contributed by atoms with Gasteiger partial charge in [-0.2, -0.15) is 0 Å². The summed E-state index contributed by atoms with van der Waals surface area (Å²) in [5.74, 6) is -4.61. The Morgan fingerprint density at radius 2 is 1.80 bits per heavy atom. The highest BCUT2D eigenvalue weighted by molar-refractivity contribution is 7.90. The Bertz CT molecular complexity index is 1900. The number of nitrogens with one attached hydrogen (secondary N) is 4. The molecule has 0 bridgehead atoms. The van der Waals surface area contributed by atoms with E-state index in [-0.39, 0.29) is 30.3 Å². The maximum atomic E-state index is 14.3. The number of amides is 4. The molecule has 2 aliphatic rings. The molecule has 3 aromatic rings. The van der Waals surface area contributed by atoms with Gasteiger partial charge >= 0.3 is 6.09 Å². The lowest BCUT2D eigenvalue weighted by Gasteiger charge is -2.40. The number of alkyl carbamates (subject to hydrolysis) is 1. The lowest BCUT2D eigenvalue weighted by Crippen LogP contribution is -2.58. The minimum absolute atomic E-state index is 0.0739. The molecule has 2 heterocycles. The molecule has 4 amide bonds. The van der Waals surface area contributed by atoms with Crippen molar-refractivity contribution >= 4 is 44.7 Å². The van der Waals surface area contributed by atoms with E-state index in [1.165, 1.54) is 29.2 Å². The molecule has 5 rings (SSSR count). The molecule has 0 radical (unpaired) electrons. The number of carbonyl (C=O) groups excluding carboxylic acids is 4. The summed E-state index contributed by atoms with van der Waals surface area (Å²) in [6.45, 7) is 12.6. The number of aromatic amines is 1. The number of fused-ring (bicyclic) bond motifs is 1. The van der Waals surface area contributed by atoms with Gasteiger partial charge in [0.25, 0.3) is 15.9 Å². The molecule has 5 atom stereocenters. The fourth-order valence-corrected chi connectivity index (χ4v) is 7.81. The summed E-state index contributed by atoms with van der Waals surface area (Å²) < 4.78 is 48.4. The maximum absolute atomic E-state index is 14.3. The summed E-state index contributed by atoms with van der Waals surface area (Å²) in [5.41, 5.74) is -1.39. The molecule has 50 heavy (non-hydrogen) atoms. The molecular formula is C36H44FN5O7S. The minimum Gasteiger partial charge on any atom is -0.444 e. The number of rotatable bonds is 10. The number of piperidine rings is 1. The Balaban J connectivity index is 1.40. The summed E-state index contributed by atoms with van der Waals surface area (Å²) >= 11 is 0. The first-order valence-corrected chi connectivity index (χ1v) is 18.1. The topological polar surface area (TPSA) is 167 Å². The van der Waals surface area contributed by atoms with E-state index in [1.807, 2.05) is 0 Å². The van der Waals surface area contributed by atoms with Gasteiger partial charge in [-0.1, -0.05) is 44.2 Å². The number of hydrogen-bond donors (Lipinski definition) is 4. The first-order valence-electron chi connectivity index (χ1n) is 16.6. The minimum atomic E-state index is -4.36. The highest BCUT2D eigenvalue weighted by Gasteiger charge is 2.61. The molecule has 4 N–H and O–H groups in total. The molecule has 2 fully saturated rings. The third kappa shape index (κ3) is 7.69. The van der Waals surface area contributed by atoms with Gasteiger partial charge in [0, 0.05) is 30.6 Å². The Morgan fingerprint density at radius 3 is 2.42 bits per heavy atom. The van der Waals surface area contributed by atoms with Crippen LogP contribution in [0.25, 0.3) is 10.9 Å². The smallest absolute Gasteiger partial charge is 0.408 e. The number of hydrogen-bond acceptors (Lipinski definition) is 7. The zero-order chi connectivity index (χ0) is 36.6. The molecule has 1 aromatic heterocycles. The normalized spacial score (nSPS) is 22.8. The van der Waals surface area contributed by atoms with Gasteiger partial charge in [0.1, 0.15) is 27.9 Å². The Hall–Kier alpha value is -4.72. The predicted molar refractivity (Wildman–Crippen MR) is 185 cm³/mol. The van der Waals surface area contributed by atoms with Gasteiger partial charge in [0.2, 0.25) is 11.8 Å². The standard InChI is InChI=1S/C36H44FN5O7S/c1-7-24-19-36(24,33(45)41-50(47,48)28-10-8-9-23-15-17-38-30(23)28)40-31(43)27-20-42(18-16-26(27)22-11-13-25(37)14-12-22)32(44)29(21(2)3)39-34(46)49-35(4,5)6/h7-15,17,21,24,26-27,29,38H,1,16,18-20H2,2-6H3,(H,39,46)(H,40,43)(H,41,45)/t24-,26+,27-,29+,36-/m1/s1. The Morgan fingerprint density at radius 1 is 1.10 bits per heavy atom. The predicted octanol–water partition coefficient (Wildman–Crippen LogP) is 4.35. The summed E-state index contributed by atoms with van der Waals surface area (Å²) in [6.07, 6.45) is 2.77. The van der Waals surface area contributed by atoms with Crippen molar-refractivity contribution in [2.24, 2.45) is 17.8 Å². The number of nitrogens with zero attached hydrogens (tertiary/aromatic N) is 1. The van der Waals surface area contributed by atoms with Gasteiger partial charge in [-0.25, -0.2) is 22.3 Å². The van der Waals surface area contributed by atoms with E-state index in [1.54, 1.807) is 71.1 Å². The zero-order valence-electron chi connectivity index (χ0n) is 28.8. The quantitative estimate of drug-likeness (QED) is 0.227. The molecule has 1 aliphatic carbocycles. The largest absolute Gasteiger partial charge is 0.444 e. The maximum Gasteiger partial charge on any atom is 0.408 e. The highest BCUT2D eigenvalue weighted by Crippen LogP contribution is 2.46. The summed E-state index contributed by atoms with van der Waals surface area (Å²) in [5, 5.41) is 6.14. The van der Waals surface area contributed by atoms with E-state index in [2.05, 4.69) is 26.9 Å². The third-order valence-electron chi connectivity index (χ3n) is 9.28. The second kappa shape index (κ2) is 13.9. The summed E-state index contributed by atoms with van der Waals surface area (Å²) in [7, 11) is -4.36. The Labute approximate surface area is 291 Å². The van der Waals surface area contributed by atoms with Crippen molar-refractivity contribution in [2.45, 2.75) is 75.5 Å². The van der Waals surface area contributed by atoms with Crippen LogP contribution < -0.4 is 15.4 Å². The first-order chi connectivity index (χ1) is 23.5. The van der Waals surface area contributed by atoms with Gasteiger partial charge in [-0.3, -0.25) is 14.4 Å². The van der Waals surface area contributed by atoms with E-state index in [9.17, 15) is 32.0 Å². The van der Waals surface area contributed by atoms with E-state index < -0.39 is 74.6 Å². The zero-order valence-corrected chi connectivity index (χ0v) is 29.6. The number of sulfonamides is 1. The number of benzene rings is 2. The second-order valence-electron chi connectivity index (χ2n) is 14.3. The SMILES string of the molecule is C=C[C@@H]1C[C@]1(NC(=O)[C@@H]1CN(C(=O)[C@@H](NC(=O)OC(C)(C)C)C(C)C)CC[C@H]1c1ccc(F)cc1)C(=O)NS(=O)(=O)c1cccc2cc[nH]c12. The highest BCUT2D eigenvalue weighted by atomic mass is 32.2. The number of halogens is 1. The summed E-state index contributed by atoms with van der Waals surface area (Å²) in [4.78, 5) is 58.8. The van der Waals surface area contributed by atoms with Gasteiger partial charge in [0.05, 0.1) is 11.4 Å². The van der Waals surface area contributed by atoms with Gasteiger partial charge < -0.3 is 25.3 Å². The van der Waals surface area contributed by atoms with Crippen molar-refractivity contribution in [1.29, 1.82) is 0 Å². The van der Waals surface area contributed by atoms with E-state index in [4.69, 9.17) is 4.74 Å². The van der Waals surface area contributed by atoms with Crippen LogP contribution in [0.3, 0.4) is 0 Å². The second-order valence-corrected chi connectivity index (χ2v) is 16.0. The first kappa shape index (κ1) is 36.6. The van der Waals surface area contributed by atoms with E-state index in [0.717, 1.165) is 0 Å². The van der Waals surface area contributed by atoms with Gasteiger partial charge in [0.15, 0.2) is 0 Å². The lowest BCUT2D eigenvalue weighted by atomic mass is 9.79. The average molecular weight is 710 g/mol. The lowest BCUT2D eigenvalue weighted by molar-refractivity contribution is -0.140. The molecule has 1 saturated carbocycles. The van der Waals surface area contributed by atoms with E-state index in [0.29, 0.717) is 22.9 Å². The van der Waals surface area contributed by atoms with Crippen LogP contribution in [-0.4, -0.2) is 72.4 Å². The Kier molecular flexibility index (Phi) is 10.2. The molecule has 0 unspecified atom stereocenters. The third-order valence-corrected chi connectivity index (χ3v) is 10.7. The fraction of sp³-hybridized carbons (Fsp3) is 0.444. The molecule has 12 nitrogen and oxygen atoms in total. The van der Waals surface area contributed by atoms with Crippen LogP contribution in [0.15, 0.2) is 72.3 Å². The van der Waals surface area contributed by atoms with Crippen molar-refractivity contribution in [1.82, 2.24) is 25.2 Å². The van der Waals surface area contributed by atoms with Crippen LogP contribution in [0.2, 0.25) is 0 Å². The molecule has 14 heteroatoms. The molecule has 268 valence electrons. The van der Waals surface area contributed by atoms with Crippen LogP contribution in [0.1, 0.15) is 58.9 Å².